The predicted octanol–water partition coefficient (Wildman–Crippen LogP) is 1.40. The van der Waals surface area contributed by atoms with Gasteiger partial charge in [0.05, 0.1) is 18.7 Å². The third kappa shape index (κ3) is 3.67. The molecule has 0 aromatic carbocycles. The molecule has 2 nitrogen and oxygen atoms in total. The van der Waals surface area contributed by atoms with Crippen molar-refractivity contribution in [2.24, 2.45) is 0 Å². The second-order valence-corrected chi connectivity index (χ2v) is 4.67. The van der Waals surface area contributed by atoms with E-state index in [1.807, 2.05) is 0 Å². The van der Waals surface area contributed by atoms with Crippen LogP contribution >= 0.6 is 11.8 Å². The van der Waals surface area contributed by atoms with E-state index in [1.165, 1.54) is 0 Å². The second kappa shape index (κ2) is 4.72. The summed E-state index contributed by atoms with van der Waals surface area (Å²) in [5, 5.41) is 11.5. The molecule has 1 heterocycles. The molecule has 0 radical (unpaired) electrons. The molecule has 0 aliphatic carbocycles. The summed E-state index contributed by atoms with van der Waals surface area (Å²) in [7, 11) is 0. The van der Waals surface area contributed by atoms with Gasteiger partial charge in [0, 0.05) is 5.75 Å². The van der Waals surface area contributed by atoms with Crippen LogP contribution in [0.4, 0.5) is 13.2 Å². The molecule has 1 aliphatic rings. The Morgan fingerprint density at radius 2 is 2.14 bits per heavy atom. The van der Waals surface area contributed by atoms with E-state index in [4.69, 9.17) is 5.11 Å². The van der Waals surface area contributed by atoms with E-state index >= 15 is 0 Å². The van der Waals surface area contributed by atoms with Crippen LogP contribution in [-0.4, -0.2) is 41.5 Å². The number of aliphatic hydroxyl groups is 1. The van der Waals surface area contributed by atoms with Crippen molar-refractivity contribution in [1.82, 2.24) is 5.32 Å². The number of thioether (sulfide) groups is 1. The van der Waals surface area contributed by atoms with Gasteiger partial charge in [0.2, 0.25) is 0 Å². The largest absolute Gasteiger partial charge is 0.401 e. The lowest BCUT2D eigenvalue weighted by atomic mass is 9.96. The maximum absolute atomic E-state index is 12.0. The van der Waals surface area contributed by atoms with Gasteiger partial charge < -0.3 is 10.4 Å². The van der Waals surface area contributed by atoms with Gasteiger partial charge in [-0.05, 0) is 18.6 Å². The van der Waals surface area contributed by atoms with Gasteiger partial charge in [-0.2, -0.15) is 24.9 Å². The molecule has 84 valence electrons. The maximum atomic E-state index is 12.0. The molecule has 0 spiro atoms. The van der Waals surface area contributed by atoms with Gasteiger partial charge in [-0.15, -0.1) is 0 Å². The van der Waals surface area contributed by atoms with E-state index in [0.717, 1.165) is 12.2 Å². The number of alkyl halides is 3. The van der Waals surface area contributed by atoms with Crippen LogP contribution < -0.4 is 5.32 Å². The normalized spacial score (nSPS) is 29.1. The molecule has 1 aliphatic heterocycles. The molecule has 1 saturated heterocycles. The molecule has 0 aromatic rings. The third-order valence-corrected chi connectivity index (χ3v) is 3.62. The Kier molecular flexibility index (Phi) is 4.09. The summed E-state index contributed by atoms with van der Waals surface area (Å²) in [5.74, 6) is 1.52. The first-order valence-corrected chi connectivity index (χ1v) is 5.63. The van der Waals surface area contributed by atoms with E-state index in [0.29, 0.717) is 12.2 Å². The first-order chi connectivity index (χ1) is 6.47. The van der Waals surface area contributed by atoms with E-state index in [1.54, 1.807) is 11.8 Å². The van der Waals surface area contributed by atoms with Crippen LogP contribution in [0.5, 0.6) is 0 Å². The van der Waals surface area contributed by atoms with Gasteiger partial charge >= 0.3 is 6.18 Å². The number of nitrogens with one attached hydrogen (secondary N) is 1. The van der Waals surface area contributed by atoms with Crippen LogP contribution in [-0.2, 0) is 0 Å². The Morgan fingerprint density at radius 1 is 1.43 bits per heavy atom. The van der Waals surface area contributed by atoms with Crippen molar-refractivity contribution >= 4 is 11.8 Å². The topological polar surface area (TPSA) is 32.3 Å². The summed E-state index contributed by atoms with van der Waals surface area (Å²) >= 11 is 1.59. The summed E-state index contributed by atoms with van der Waals surface area (Å²) < 4.78 is 35.9. The van der Waals surface area contributed by atoms with Gasteiger partial charge in [-0.25, -0.2) is 0 Å². The van der Waals surface area contributed by atoms with Crippen LogP contribution in [0.2, 0.25) is 0 Å². The predicted molar refractivity (Wildman–Crippen MR) is 50.4 cm³/mol. The molecule has 14 heavy (non-hydrogen) atoms. The number of halogens is 3. The van der Waals surface area contributed by atoms with Crippen LogP contribution in [0.1, 0.15) is 12.8 Å². The van der Waals surface area contributed by atoms with Crippen LogP contribution in [0.3, 0.4) is 0 Å². The van der Waals surface area contributed by atoms with E-state index in [-0.39, 0.29) is 6.61 Å². The van der Waals surface area contributed by atoms with Gasteiger partial charge in [-0.3, -0.25) is 0 Å². The smallest absolute Gasteiger partial charge is 0.394 e. The van der Waals surface area contributed by atoms with Gasteiger partial charge in [0.1, 0.15) is 0 Å². The average Bonchev–Trinajstić information content (AvgIpc) is 2.15. The van der Waals surface area contributed by atoms with Gasteiger partial charge in [-0.1, -0.05) is 0 Å². The van der Waals surface area contributed by atoms with E-state index in [2.05, 4.69) is 5.32 Å². The van der Waals surface area contributed by atoms with E-state index < -0.39 is 18.3 Å². The van der Waals surface area contributed by atoms with Crippen LogP contribution in [0.25, 0.3) is 0 Å². The zero-order chi connectivity index (χ0) is 10.7. The molecule has 0 aromatic heterocycles. The lowest BCUT2D eigenvalue weighted by Crippen LogP contribution is -2.55. The monoisotopic (exact) mass is 229 g/mol. The minimum Gasteiger partial charge on any atom is -0.394 e. The molecule has 6 heteroatoms. The van der Waals surface area contributed by atoms with Crippen molar-refractivity contribution in [3.05, 3.63) is 0 Å². The number of hydrogen-bond acceptors (Lipinski definition) is 3. The fourth-order valence-electron chi connectivity index (χ4n) is 1.46. The lowest BCUT2D eigenvalue weighted by molar-refractivity contribution is -0.129. The number of rotatable bonds is 3. The Balaban J connectivity index is 2.44. The van der Waals surface area contributed by atoms with Crippen molar-refractivity contribution in [2.45, 2.75) is 24.6 Å². The molecule has 1 rings (SSSR count). The fourth-order valence-corrected chi connectivity index (χ4v) is 2.68. The molecular formula is C8H14F3NOS. The highest BCUT2D eigenvalue weighted by atomic mass is 32.2. The minimum absolute atomic E-state index is 0.226. The average molecular weight is 229 g/mol. The Bertz CT molecular complexity index is 180. The summed E-state index contributed by atoms with van der Waals surface area (Å²) in [6, 6.07) is 0. The molecule has 0 saturated carbocycles. The fraction of sp³-hybridized carbons (Fsp3) is 1.00. The van der Waals surface area contributed by atoms with Crippen LogP contribution in [0, 0.1) is 0 Å². The first-order valence-electron chi connectivity index (χ1n) is 4.48. The molecular weight excluding hydrogens is 215 g/mol. The number of aliphatic hydroxyl groups excluding tert-OH is 1. The summed E-state index contributed by atoms with van der Waals surface area (Å²) in [5.41, 5.74) is -0.724. The van der Waals surface area contributed by atoms with Crippen molar-refractivity contribution in [3.8, 4) is 0 Å². The highest BCUT2D eigenvalue weighted by Crippen LogP contribution is 2.27. The van der Waals surface area contributed by atoms with Crippen molar-refractivity contribution < 1.29 is 18.3 Å². The Morgan fingerprint density at radius 3 is 2.57 bits per heavy atom. The van der Waals surface area contributed by atoms with E-state index in [9.17, 15) is 13.2 Å². The zero-order valence-corrected chi connectivity index (χ0v) is 8.55. The molecule has 0 bridgehead atoms. The molecule has 2 N–H and O–H groups in total. The Labute approximate surface area is 85.3 Å². The zero-order valence-electron chi connectivity index (χ0n) is 7.73. The van der Waals surface area contributed by atoms with Crippen molar-refractivity contribution in [1.29, 1.82) is 0 Å². The maximum Gasteiger partial charge on any atom is 0.401 e. The highest BCUT2D eigenvalue weighted by molar-refractivity contribution is 7.99. The number of hydrogen-bond donors (Lipinski definition) is 2. The van der Waals surface area contributed by atoms with Gasteiger partial charge in [0.25, 0.3) is 0 Å². The second-order valence-electron chi connectivity index (χ2n) is 3.56. The Hall–Kier alpha value is 0.0600. The molecule has 1 unspecified atom stereocenters. The lowest BCUT2D eigenvalue weighted by Gasteiger charge is -2.36. The summed E-state index contributed by atoms with van der Waals surface area (Å²) in [6.45, 7) is -1.25. The third-order valence-electron chi connectivity index (χ3n) is 2.29. The van der Waals surface area contributed by atoms with Gasteiger partial charge in [0.15, 0.2) is 0 Å². The molecule has 1 atom stereocenters. The summed E-state index contributed by atoms with van der Waals surface area (Å²) in [6.07, 6.45) is -2.73. The minimum atomic E-state index is -4.20. The van der Waals surface area contributed by atoms with Crippen molar-refractivity contribution in [2.75, 3.05) is 24.7 Å². The highest BCUT2D eigenvalue weighted by Gasteiger charge is 2.36. The van der Waals surface area contributed by atoms with Crippen LogP contribution in [0.15, 0.2) is 0 Å². The molecule has 1 fully saturated rings. The quantitative estimate of drug-likeness (QED) is 0.767. The standard InChI is InChI=1S/C8H14F3NOS/c9-8(10,11)4-12-7(5-13)2-1-3-14-6-7/h12-13H,1-6H2. The summed E-state index contributed by atoms with van der Waals surface area (Å²) in [4.78, 5) is 0. The SMILES string of the molecule is OCC1(NCC(F)(F)F)CCCSC1. The van der Waals surface area contributed by atoms with Crippen molar-refractivity contribution in [3.63, 3.8) is 0 Å². The first kappa shape index (κ1) is 12.1. The molecule has 0 amide bonds.